The van der Waals surface area contributed by atoms with Crippen molar-refractivity contribution < 1.29 is 29.0 Å². The normalized spacial score (nSPS) is 16.9. The molecular formula is C19H24N2O7S. The molecule has 29 heavy (non-hydrogen) atoms. The first-order chi connectivity index (χ1) is 13.8. The molecule has 1 aromatic carbocycles. The lowest BCUT2D eigenvalue weighted by Crippen LogP contribution is -2.44. The summed E-state index contributed by atoms with van der Waals surface area (Å²) in [6, 6.07) is 6.11. The van der Waals surface area contributed by atoms with Gasteiger partial charge in [0.2, 0.25) is 5.91 Å². The molecule has 9 nitrogen and oxygen atoms in total. The van der Waals surface area contributed by atoms with E-state index in [-0.39, 0.29) is 30.2 Å². The van der Waals surface area contributed by atoms with Crippen molar-refractivity contribution in [1.82, 2.24) is 4.90 Å². The molecule has 1 saturated heterocycles. The van der Waals surface area contributed by atoms with Crippen molar-refractivity contribution in [2.45, 2.75) is 45.9 Å². The minimum Gasteiger partial charge on any atom is -0.459 e. The van der Waals surface area contributed by atoms with Crippen LogP contribution in [-0.2, 0) is 37.2 Å². The molecule has 1 heterocycles. The quantitative estimate of drug-likeness (QED) is 0.337. The predicted molar refractivity (Wildman–Crippen MR) is 105 cm³/mol. The number of likely N-dealkylation sites (tertiary alicyclic amines) is 1. The van der Waals surface area contributed by atoms with E-state index >= 15 is 0 Å². The lowest BCUT2D eigenvalue weighted by Gasteiger charge is -2.26. The van der Waals surface area contributed by atoms with Crippen molar-refractivity contribution in [3.05, 3.63) is 45.5 Å². The Morgan fingerprint density at radius 3 is 2.45 bits per heavy atom. The van der Waals surface area contributed by atoms with Gasteiger partial charge in [-0.1, -0.05) is 43.0 Å². The van der Waals surface area contributed by atoms with Crippen LogP contribution >= 0.6 is 11.8 Å². The Balaban J connectivity index is 1.86. The second-order valence-corrected chi connectivity index (χ2v) is 8.01. The second-order valence-electron chi connectivity index (χ2n) is 6.81. The Morgan fingerprint density at radius 2 is 1.86 bits per heavy atom. The fourth-order valence-electron chi connectivity index (χ4n) is 2.98. The Morgan fingerprint density at radius 1 is 1.24 bits per heavy atom. The number of hydrogen-bond donors (Lipinski definition) is 0. The molecule has 1 amide bonds. The second kappa shape index (κ2) is 10.8. The van der Waals surface area contributed by atoms with E-state index < -0.39 is 17.1 Å². The van der Waals surface area contributed by atoms with Crippen LogP contribution < -0.4 is 0 Å². The van der Waals surface area contributed by atoms with E-state index in [4.69, 9.17) is 4.74 Å². The smallest absolute Gasteiger partial charge is 0.329 e. The molecule has 0 saturated carbocycles. The average Bonchev–Trinajstić information content (AvgIpc) is 3.18. The van der Waals surface area contributed by atoms with Crippen LogP contribution in [0.4, 0.5) is 0 Å². The minimum absolute atomic E-state index is 0.0435. The van der Waals surface area contributed by atoms with Crippen LogP contribution in [-0.4, -0.2) is 45.3 Å². The van der Waals surface area contributed by atoms with Crippen molar-refractivity contribution >= 4 is 28.8 Å². The first-order valence-electron chi connectivity index (χ1n) is 9.23. The molecule has 0 aromatic heterocycles. The van der Waals surface area contributed by atoms with Crippen LogP contribution in [0.25, 0.3) is 0 Å². The zero-order valence-corrected chi connectivity index (χ0v) is 17.2. The first-order valence-corrected chi connectivity index (χ1v) is 10.2. The van der Waals surface area contributed by atoms with E-state index in [1.165, 1.54) is 6.92 Å². The van der Waals surface area contributed by atoms with E-state index in [1.807, 2.05) is 0 Å². The summed E-state index contributed by atoms with van der Waals surface area (Å²) >= 11 is 1.10. The molecule has 1 aliphatic rings. The van der Waals surface area contributed by atoms with Gasteiger partial charge in [-0.2, -0.15) is 0 Å². The van der Waals surface area contributed by atoms with Gasteiger partial charge < -0.3 is 14.5 Å². The molecule has 0 aliphatic carbocycles. The van der Waals surface area contributed by atoms with Crippen molar-refractivity contribution in [3.63, 3.8) is 0 Å². The third-order valence-electron chi connectivity index (χ3n) is 4.51. The Labute approximate surface area is 172 Å². The number of ether oxygens (including phenoxy) is 1. The van der Waals surface area contributed by atoms with E-state index in [9.17, 15) is 24.5 Å². The molecule has 2 atom stereocenters. The zero-order chi connectivity index (χ0) is 21.4. The van der Waals surface area contributed by atoms with Gasteiger partial charge in [-0.25, -0.2) is 4.79 Å². The number of rotatable bonds is 9. The lowest BCUT2D eigenvalue weighted by molar-refractivity contribution is -0.763. The fourth-order valence-corrected chi connectivity index (χ4v) is 3.61. The maximum Gasteiger partial charge on any atom is 0.329 e. The topological polar surface area (TPSA) is 116 Å². The van der Waals surface area contributed by atoms with Crippen molar-refractivity contribution in [2.24, 2.45) is 5.92 Å². The summed E-state index contributed by atoms with van der Waals surface area (Å²) in [5.41, 5.74) is 1.35. The first kappa shape index (κ1) is 22.7. The van der Waals surface area contributed by atoms with Crippen LogP contribution in [0.15, 0.2) is 24.3 Å². The van der Waals surface area contributed by atoms with E-state index in [1.54, 1.807) is 36.1 Å². The lowest BCUT2D eigenvalue weighted by atomic mass is 10.1. The maximum absolute atomic E-state index is 12.6. The maximum atomic E-state index is 12.6. The van der Waals surface area contributed by atoms with Crippen molar-refractivity contribution in [2.75, 3.05) is 12.3 Å². The van der Waals surface area contributed by atoms with Crippen LogP contribution in [0.1, 0.15) is 37.8 Å². The number of hydrogen-bond acceptors (Lipinski definition) is 8. The van der Waals surface area contributed by atoms with Gasteiger partial charge in [0.15, 0.2) is 5.12 Å². The van der Waals surface area contributed by atoms with Crippen LogP contribution in [0.2, 0.25) is 0 Å². The standard InChI is InChI=1S/C19H24N2O7S/c1-13(12-29-14(2)22)18(23)20-9-3-4-17(20)19(24)27-10-15-5-7-16(8-6-15)11-28-21(25)26/h5-8,13,17H,3-4,9-12H2,1-2H3/t13-,17+/m1/s1. The summed E-state index contributed by atoms with van der Waals surface area (Å²) in [4.78, 5) is 52.3. The highest BCUT2D eigenvalue weighted by atomic mass is 32.2. The molecular weight excluding hydrogens is 400 g/mol. The van der Waals surface area contributed by atoms with E-state index in [2.05, 4.69) is 4.84 Å². The Bertz CT molecular complexity index is 753. The molecule has 1 aromatic rings. The summed E-state index contributed by atoms with van der Waals surface area (Å²) < 4.78 is 5.38. The molecule has 0 bridgehead atoms. The molecule has 0 N–H and O–H groups in total. The summed E-state index contributed by atoms with van der Waals surface area (Å²) in [5.74, 6) is -0.568. The largest absolute Gasteiger partial charge is 0.459 e. The summed E-state index contributed by atoms with van der Waals surface area (Å²) in [6.45, 7) is 3.61. The number of nitrogens with zero attached hydrogens (tertiary/aromatic N) is 2. The van der Waals surface area contributed by atoms with Gasteiger partial charge in [0, 0.05) is 25.1 Å². The highest BCUT2D eigenvalue weighted by Crippen LogP contribution is 2.23. The van der Waals surface area contributed by atoms with Gasteiger partial charge in [0.25, 0.3) is 5.09 Å². The van der Waals surface area contributed by atoms with Crippen LogP contribution in [0, 0.1) is 16.0 Å². The van der Waals surface area contributed by atoms with Gasteiger partial charge in [0.1, 0.15) is 19.3 Å². The molecule has 0 unspecified atom stereocenters. The van der Waals surface area contributed by atoms with E-state index in [0.717, 1.165) is 23.7 Å². The van der Waals surface area contributed by atoms with E-state index in [0.29, 0.717) is 24.3 Å². The predicted octanol–water partition coefficient (Wildman–Crippen LogP) is 2.34. The average molecular weight is 424 g/mol. The van der Waals surface area contributed by atoms with Gasteiger partial charge in [0.05, 0.1) is 0 Å². The number of thioether (sulfide) groups is 1. The molecule has 0 spiro atoms. The van der Waals surface area contributed by atoms with Gasteiger partial charge in [-0.05, 0) is 24.0 Å². The number of amides is 1. The van der Waals surface area contributed by atoms with Gasteiger partial charge in [-0.3, -0.25) is 9.59 Å². The number of carbonyl (C=O) groups is 3. The molecule has 1 aliphatic heterocycles. The molecule has 0 radical (unpaired) electrons. The summed E-state index contributed by atoms with van der Waals surface area (Å²) in [7, 11) is 0. The molecule has 10 heteroatoms. The third-order valence-corrected chi connectivity index (χ3v) is 5.58. The highest BCUT2D eigenvalue weighted by Gasteiger charge is 2.36. The van der Waals surface area contributed by atoms with Crippen molar-refractivity contribution in [1.29, 1.82) is 0 Å². The number of esters is 1. The highest BCUT2D eigenvalue weighted by molar-refractivity contribution is 8.13. The van der Waals surface area contributed by atoms with Crippen molar-refractivity contribution in [3.8, 4) is 0 Å². The number of carbonyl (C=O) groups excluding carboxylic acids is 3. The summed E-state index contributed by atoms with van der Waals surface area (Å²) in [6.07, 6.45) is 1.28. The summed E-state index contributed by atoms with van der Waals surface area (Å²) in [5, 5.41) is 9.31. The van der Waals surface area contributed by atoms with Crippen LogP contribution in [0.5, 0.6) is 0 Å². The zero-order valence-electron chi connectivity index (χ0n) is 16.4. The Kier molecular flexibility index (Phi) is 8.44. The number of benzene rings is 1. The molecule has 1 fully saturated rings. The monoisotopic (exact) mass is 424 g/mol. The van der Waals surface area contributed by atoms with Gasteiger partial charge in [-0.15, -0.1) is 10.1 Å². The molecule has 2 rings (SSSR count). The fraction of sp³-hybridized carbons (Fsp3) is 0.526. The van der Waals surface area contributed by atoms with Crippen LogP contribution in [0.3, 0.4) is 0 Å². The van der Waals surface area contributed by atoms with Gasteiger partial charge >= 0.3 is 5.97 Å². The minimum atomic E-state index is -0.857. The molecule has 158 valence electrons. The Hall–Kier alpha value is -2.62. The SMILES string of the molecule is CC(=O)SC[C@@H](C)C(=O)N1CCC[C@H]1C(=O)OCc1ccc(CO[N+](=O)[O-])cc1. The third kappa shape index (κ3) is 7.04.